The maximum Gasteiger partial charge on any atom is 0.416 e. The van der Waals surface area contributed by atoms with Crippen LogP contribution in [0.25, 0.3) is 0 Å². The molecule has 0 radical (unpaired) electrons. The highest BCUT2D eigenvalue weighted by atomic mass is 35.5. The maximum absolute atomic E-state index is 12.6. The molecule has 9 heteroatoms. The number of alkyl halides is 3. The Bertz CT molecular complexity index is 598. The number of halogens is 4. The molecule has 1 aromatic rings. The first-order valence-electron chi connectivity index (χ1n) is 5.80. The lowest BCUT2D eigenvalue weighted by Crippen LogP contribution is -2.36. The lowest BCUT2D eigenvalue weighted by atomic mass is 10.2. The molecule has 1 aliphatic heterocycles. The van der Waals surface area contributed by atoms with Gasteiger partial charge in [-0.05, 0) is 31.2 Å². The van der Waals surface area contributed by atoms with E-state index in [2.05, 4.69) is 10.0 Å². The van der Waals surface area contributed by atoms with E-state index in [4.69, 9.17) is 11.6 Å². The lowest BCUT2D eigenvalue weighted by molar-refractivity contribution is -0.137. The summed E-state index contributed by atoms with van der Waals surface area (Å²) in [5.41, 5.74) is -1.05. The van der Waals surface area contributed by atoms with E-state index in [0.717, 1.165) is 12.1 Å². The van der Waals surface area contributed by atoms with Crippen LogP contribution in [-0.2, 0) is 16.2 Å². The first-order valence-corrected chi connectivity index (χ1v) is 7.66. The second kappa shape index (κ2) is 5.51. The van der Waals surface area contributed by atoms with E-state index in [1.54, 1.807) is 0 Å². The molecule has 0 unspecified atom stereocenters. The molecule has 0 saturated carbocycles. The highest BCUT2D eigenvalue weighted by Crippen LogP contribution is 2.33. The SMILES string of the molecule is O=S(=O)(N[C@@H]1CCNC1)c1cc(C(F)(F)F)ccc1Cl. The molecule has 1 fully saturated rings. The molecular weight excluding hydrogens is 317 g/mol. The van der Waals surface area contributed by atoms with Gasteiger partial charge >= 0.3 is 6.18 Å². The second-order valence-corrected chi connectivity index (χ2v) is 6.54. The lowest BCUT2D eigenvalue weighted by Gasteiger charge is -2.14. The number of nitrogens with one attached hydrogen (secondary N) is 2. The summed E-state index contributed by atoms with van der Waals surface area (Å²) in [6.07, 6.45) is -4.04. The molecular formula is C11H12ClF3N2O2S. The van der Waals surface area contributed by atoms with Gasteiger partial charge < -0.3 is 5.32 Å². The fourth-order valence-electron chi connectivity index (χ4n) is 1.92. The Morgan fingerprint density at radius 3 is 2.60 bits per heavy atom. The van der Waals surface area contributed by atoms with Gasteiger partial charge in [0.1, 0.15) is 4.90 Å². The number of hydrogen-bond acceptors (Lipinski definition) is 3. The minimum Gasteiger partial charge on any atom is -0.315 e. The van der Waals surface area contributed by atoms with Crippen LogP contribution in [0.2, 0.25) is 5.02 Å². The Hall–Kier alpha value is -0.830. The normalized spacial score (nSPS) is 20.3. The number of benzene rings is 1. The highest BCUT2D eigenvalue weighted by Gasteiger charge is 2.33. The number of sulfonamides is 1. The molecule has 0 amide bonds. The predicted octanol–water partition coefficient (Wildman–Crippen LogP) is 2.00. The summed E-state index contributed by atoms with van der Waals surface area (Å²) in [7, 11) is -4.08. The van der Waals surface area contributed by atoms with Gasteiger partial charge in [0.25, 0.3) is 0 Å². The Morgan fingerprint density at radius 1 is 1.35 bits per heavy atom. The predicted molar refractivity (Wildman–Crippen MR) is 68.1 cm³/mol. The summed E-state index contributed by atoms with van der Waals surface area (Å²) < 4.78 is 64.4. The molecule has 2 rings (SSSR count). The molecule has 0 aliphatic carbocycles. The largest absolute Gasteiger partial charge is 0.416 e. The molecule has 1 saturated heterocycles. The number of rotatable bonds is 3. The highest BCUT2D eigenvalue weighted by molar-refractivity contribution is 7.89. The smallest absolute Gasteiger partial charge is 0.315 e. The molecule has 4 nitrogen and oxygen atoms in total. The fraction of sp³-hybridized carbons (Fsp3) is 0.455. The van der Waals surface area contributed by atoms with Crippen molar-refractivity contribution < 1.29 is 21.6 Å². The maximum atomic E-state index is 12.6. The zero-order chi connectivity index (χ0) is 15.0. The molecule has 0 aromatic heterocycles. The van der Waals surface area contributed by atoms with Crippen LogP contribution in [0.3, 0.4) is 0 Å². The van der Waals surface area contributed by atoms with Crippen LogP contribution in [0.5, 0.6) is 0 Å². The third kappa shape index (κ3) is 3.43. The van der Waals surface area contributed by atoms with Crippen molar-refractivity contribution in [1.29, 1.82) is 0 Å². The van der Waals surface area contributed by atoms with Crippen LogP contribution in [0, 0.1) is 0 Å². The van der Waals surface area contributed by atoms with Gasteiger partial charge in [0, 0.05) is 12.6 Å². The van der Waals surface area contributed by atoms with Crippen molar-refractivity contribution in [2.45, 2.75) is 23.5 Å². The summed E-state index contributed by atoms with van der Waals surface area (Å²) >= 11 is 5.71. The molecule has 112 valence electrons. The van der Waals surface area contributed by atoms with E-state index < -0.39 is 26.7 Å². The molecule has 1 aliphatic rings. The molecule has 1 aromatic carbocycles. The van der Waals surface area contributed by atoms with Gasteiger partial charge in [-0.25, -0.2) is 13.1 Å². The standard InChI is InChI=1S/C11H12ClF3N2O2S/c12-9-2-1-7(11(13,14)15)5-10(9)20(18,19)17-8-3-4-16-6-8/h1-2,5,8,16-17H,3-4,6H2/t8-/m1/s1. The minimum absolute atomic E-state index is 0.239. The Labute approximate surface area is 119 Å². The first kappa shape index (κ1) is 15.6. The van der Waals surface area contributed by atoms with Crippen LogP contribution in [0.15, 0.2) is 23.1 Å². The summed E-state index contributed by atoms with van der Waals surface area (Å²) in [6.45, 7) is 1.10. The van der Waals surface area contributed by atoms with E-state index in [1.807, 2.05) is 0 Å². The van der Waals surface area contributed by atoms with E-state index in [0.29, 0.717) is 25.6 Å². The monoisotopic (exact) mass is 328 g/mol. The fourth-order valence-corrected chi connectivity index (χ4v) is 3.72. The van der Waals surface area contributed by atoms with Crippen molar-refractivity contribution in [2.24, 2.45) is 0 Å². The molecule has 20 heavy (non-hydrogen) atoms. The quantitative estimate of drug-likeness (QED) is 0.892. The second-order valence-electron chi connectivity index (χ2n) is 4.45. The molecule has 1 heterocycles. The molecule has 1 atom stereocenters. The van der Waals surface area contributed by atoms with Gasteiger partial charge in [0.15, 0.2) is 0 Å². The van der Waals surface area contributed by atoms with E-state index >= 15 is 0 Å². The topological polar surface area (TPSA) is 58.2 Å². The van der Waals surface area contributed by atoms with E-state index in [1.165, 1.54) is 0 Å². The van der Waals surface area contributed by atoms with Crippen LogP contribution in [0.1, 0.15) is 12.0 Å². The van der Waals surface area contributed by atoms with Gasteiger partial charge in [-0.1, -0.05) is 11.6 Å². The van der Waals surface area contributed by atoms with Crippen molar-refractivity contribution in [3.63, 3.8) is 0 Å². The summed E-state index contributed by atoms with van der Waals surface area (Å²) in [6, 6.07) is 1.89. The zero-order valence-electron chi connectivity index (χ0n) is 10.2. The minimum atomic E-state index is -4.62. The Morgan fingerprint density at radius 2 is 2.05 bits per heavy atom. The molecule has 2 N–H and O–H groups in total. The van der Waals surface area contributed by atoms with Gasteiger partial charge in [-0.15, -0.1) is 0 Å². The van der Waals surface area contributed by atoms with Crippen LogP contribution < -0.4 is 10.0 Å². The summed E-state index contributed by atoms with van der Waals surface area (Å²) in [5.74, 6) is 0. The summed E-state index contributed by atoms with van der Waals surface area (Å²) in [4.78, 5) is -0.555. The van der Waals surface area contributed by atoms with E-state index in [9.17, 15) is 21.6 Å². The average Bonchev–Trinajstić information content (AvgIpc) is 2.79. The van der Waals surface area contributed by atoms with Crippen LogP contribution in [-0.4, -0.2) is 27.5 Å². The zero-order valence-corrected chi connectivity index (χ0v) is 11.7. The van der Waals surface area contributed by atoms with Crippen LogP contribution >= 0.6 is 11.6 Å². The van der Waals surface area contributed by atoms with Crippen molar-refractivity contribution in [3.05, 3.63) is 28.8 Å². The van der Waals surface area contributed by atoms with Crippen LogP contribution in [0.4, 0.5) is 13.2 Å². The van der Waals surface area contributed by atoms with Crippen molar-refractivity contribution >= 4 is 21.6 Å². The van der Waals surface area contributed by atoms with Gasteiger partial charge in [0.2, 0.25) is 10.0 Å². The Kier molecular flexibility index (Phi) is 4.29. The van der Waals surface area contributed by atoms with Crippen molar-refractivity contribution in [2.75, 3.05) is 13.1 Å². The molecule has 0 spiro atoms. The van der Waals surface area contributed by atoms with Gasteiger partial charge in [0.05, 0.1) is 10.6 Å². The number of hydrogen-bond donors (Lipinski definition) is 2. The van der Waals surface area contributed by atoms with Crippen molar-refractivity contribution in [3.8, 4) is 0 Å². The van der Waals surface area contributed by atoms with Gasteiger partial charge in [-0.2, -0.15) is 13.2 Å². The average molecular weight is 329 g/mol. The van der Waals surface area contributed by atoms with E-state index in [-0.39, 0.29) is 11.1 Å². The third-order valence-electron chi connectivity index (χ3n) is 2.93. The van der Waals surface area contributed by atoms with Crippen molar-refractivity contribution in [1.82, 2.24) is 10.0 Å². The van der Waals surface area contributed by atoms with Gasteiger partial charge in [-0.3, -0.25) is 0 Å². The Balaban J connectivity index is 2.35. The first-order chi connectivity index (χ1) is 9.20. The third-order valence-corrected chi connectivity index (χ3v) is 4.93. The summed E-state index contributed by atoms with van der Waals surface area (Å²) in [5, 5.41) is 2.72. The molecule has 0 bridgehead atoms.